The molecular weight excluding hydrogens is 465 g/mol. The Morgan fingerprint density at radius 1 is 1.11 bits per heavy atom. The van der Waals surface area contributed by atoms with Gasteiger partial charge in [0.1, 0.15) is 17.9 Å². The molecule has 12 heteroatoms. The van der Waals surface area contributed by atoms with Gasteiger partial charge in [0.2, 0.25) is 0 Å². The lowest BCUT2D eigenvalue weighted by atomic mass is 10.1. The molecule has 5 rings (SSSR count). The van der Waals surface area contributed by atoms with Crippen molar-refractivity contribution in [1.82, 2.24) is 19.5 Å². The van der Waals surface area contributed by atoms with E-state index in [1.807, 2.05) is 4.90 Å². The van der Waals surface area contributed by atoms with E-state index in [0.29, 0.717) is 43.1 Å². The lowest BCUT2D eigenvalue weighted by Crippen LogP contribution is -2.30. The van der Waals surface area contributed by atoms with Gasteiger partial charge < -0.3 is 29.7 Å². The van der Waals surface area contributed by atoms with E-state index in [9.17, 15) is 23.4 Å². The SMILES string of the molecule is COC[C@H]1C[C@@H](n2cnc3c(N[C@H]4CCN(c5ccc(C(F)(F)F)cc5)C4)ncnc32)[C@@H](O)[C@H]1O. The summed E-state index contributed by atoms with van der Waals surface area (Å²) in [5, 5.41) is 24.4. The van der Waals surface area contributed by atoms with E-state index in [1.54, 1.807) is 18.0 Å². The van der Waals surface area contributed by atoms with E-state index in [0.717, 1.165) is 24.2 Å². The highest BCUT2D eigenvalue weighted by Gasteiger charge is 2.43. The van der Waals surface area contributed by atoms with Gasteiger partial charge in [0.15, 0.2) is 11.5 Å². The largest absolute Gasteiger partial charge is 0.416 e. The molecule has 0 spiro atoms. The maximum absolute atomic E-state index is 12.8. The number of alkyl halides is 3. The number of aliphatic hydroxyl groups excluding tert-OH is 2. The van der Waals surface area contributed by atoms with Crippen molar-refractivity contribution in [1.29, 1.82) is 0 Å². The molecule has 188 valence electrons. The molecule has 0 bridgehead atoms. The molecule has 2 aromatic heterocycles. The van der Waals surface area contributed by atoms with Crippen molar-refractivity contribution >= 4 is 22.7 Å². The number of fused-ring (bicyclic) bond motifs is 1. The molecule has 5 atom stereocenters. The lowest BCUT2D eigenvalue weighted by Gasteiger charge is -2.20. The van der Waals surface area contributed by atoms with Gasteiger partial charge in [-0.05, 0) is 37.1 Å². The first-order valence-electron chi connectivity index (χ1n) is 11.5. The van der Waals surface area contributed by atoms with Gasteiger partial charge in [0.05, 0.1) is 30.6 Å². The summed E-state index contributed by atoms with van der Waals surface area (Å²) in [5.41, 5.74) is 1.17. The van der Waals surface area contributed by atoms with Crippen molar-refractivity contribution in [3.05, 3.63) is 42.5 Å². The van der Waals surface area contributed by atoms with Gasteiger partial charge in [-0.1, -0.05) is 0 Å². The minimum Gasteiger partial charge on any atom is -0.390 e. The Labute approximate surface area is 199 Å². The van der Waals surface area contributed by atoms with Crippen LogP contribution in [0.5, 0.6) is 0 Å². The number of hydrogen-bond acceptors (Lipinski definition) is 8. The van der Waals surface area contributed by atoms with E-state index in [2.05, 4.69) is 20.3 Å². The summed E-state index contributed by atoms with van der Waals surface area (Å²) < 4.78 is 45.5. The zero-order chi connectivity index (χ0) is 24.7. The van der Waals surface area contributed by atoms with E-state index in [4.69, 9.17) is 4.74 Å². The number of aliphatic hydroxyl groups is 2. The number of nitrogens with zero attached hydrogens (tertiary/aromatic N) is 5. The van der Waals surface area contributed by atoms with Gasteiger partial charge in [-0.15, -0.1) is 0 Å². The Bertz CT molecular complexity index is 1170. The normalized spacial score (nSPS) is 27.1. The second-order valence-corrected chi connectivity index (χ2v) is 9.17. The number of halogens is 3. The summed E-state index contributed by atoms with van der Waals surface area (Å²) in [4.78, 5) is 15.2. The van der Waals surface area contributed by atoms with Crippen LogP contribution >= 0.6 is 0 Å². The first kappa shape index (κ1) is 23.8. The number of aromatic nitrogens is 4. The third-order valence-electron chi connectivity index (χ3n) is 6.96. The number of ether oxygens (including phenoxy) is 1. The molecule has 2 aliphatic rings. The minimum atomic E-state index is -4.35. The fourth-order valence-electron chi connectivity index (χ4n) is 5.12. The van der Waals surface area contributed by atoms with Gasteiger partial charge in [0.25, 0.3) is 0 Å². The zero-order valence-electron chi connectivity index (χ0n) is 19.1. The van der Waals surface area contributed by atoms with E-state index in [-0.39, 0.29) is 18.0 Å². The van der Waals surface area contributed by atoms with Crippen LogP contribution in [0, 0.1) is 5.92 Å². The van der Waals surface area contributed by atoms with Gasteiger partial charge in [-0.3, -0.25) is 0 Å². The van der Waals surface area contributed by atoms with Crippen LogP contribution in [-0.4, -0.2) is 74.8 Å². The Morgan fingerprint density at radius 3 is 2.60 bits per heavy atom. The van der Waals surface area contributed by atoms with Crippen molar-refractivity contribution in [2.75, 3.05) is 37.0 Å². The number of rotatable bonds is 6. The molecule has 3 N–H and O–H groups in total. The van der Waals surface area contributed by atoms with E-state index in [1.165, 1.54) is 18.5 Å². The Morgan fingerprint density at radius 2 is 1.89 bits per heavy atom. The average Bonchev–Trinajstić information content (AvgIpc) is 3.54. The lowest BCUT2D eigenvalue weighted by molar-refractivity contribution is -0.137. The molecule has 1 saturated heterocycles. The van der Waals surface area contributed by atoms with Crippen LogP contribution in [0.4, 0.5) is 24.7 Å². The molecular formula is C23H27F3N6O3. The fourth-order valence-corrected chi connectivity index (χ4v) is 5.12. The standard InChI is InChI=1S/C23H27F3N6O3/c1-35-10-13-8-17(20(34)19(13)33)32-12-29-18-21(27-11-28-22(18)32)30-15-6-7-31(9-15)16-4-2-14(3-5-16)23(24,25)26/h2-5,11-13,15,17,19-20,33-34H,6-10H2,1H3,(H,27,28,30)/t13-,15+,17-,19+,20-/m1/s1. The van der Waals surface area contributed by atoms with Crippen LogP contribution in [0.2, 0.25) is 0 Å². The van der Waals surface area contributed by atoms with Gasteiger partial charge in [0, 0.05) is 37.8 Å². The monoisotopic (exact) mass is 492 g/mol. The predicted octanol–water partition coefficient (Wildman–Crippen LogP) is 2.47. The fraction of sp³-hybridized carbons (Fsp3) is 0.522. The summed E-state index contributed by atoms with van der Waals surface area (Å²) in [7, 11) is 1.56. The van der Waals surface area contributed by atoms with Crippen LogP contribution in [0.3, 0.4) is 0 Å². The molecule has 0 unspecified atom stereocenters. The molecule has 9 nitrogen and oxygen atoms in total. The summed E-state index contributed by atoms with van der Waals surface area (Å²) in [6, 6.07) is 4.82. The van der Waals surface area contributed by atoms with Crippen LogP contribution in [0.15, 0.2) is 36.9 Å². The molecule has 2 fully saturated rings. The number of anilines is 2. The Hall–Kier alpha value is -2.96. The molecule has 3 heterocycles. The quantitative estimate of drug-likeness (QED) is 0.482. The Balaban J connectivity index is 1.30. The van der Waals surface area contributed by atoms with Gasteiger partial charge in [-0.2, -0.15) is 13.2 Å². The maximum atomic E-state index is 12.8. The highest BCUT2D eigenvalue weighted by molar-refractivity contribution is 5.83. The smallest absolute Gasteiger partial charge is 0.390 e. The second-order valence-electron chi connectivity index (χ2n) is 9.17. The highest BCUT2D eigenvalue weighted by Crippen LogP contribution is 2.37. The summed E-state index contributed by atoms with van der Waals surface area (Å²) in [6.45, 7) is 1.64. The topological polar surface area (TPSA) is 109 Å². The van der Waals surface area contributed by atoms with Crippen molar-refractivity contribution in [3.8, 4) is 0 Å². The van der Waals surface area contributed by atoms with Crippen molar-refractivity contribution in [2.45, 2.75) is 43.3 Å². The van der Waals surface area contributed by atoms with Crippen molar-refractivity contribution in [2.24, 2.45) is 5.92 Å². The molecule has 1 saturated carbocycles. The molecule has 0 radical (unpaired) electrons. The number of hydrogen-bond donors (Lipinski definition) is 3. The first-order valence-corrected chi connectivity index (χ1v) is 11.5. The third-order valence-corrected chi connectivity index (χ3v) is 6.96. The number of imidazole rings is 1. The van der Waals surface area contributed by atoms with Crippen molar-refractivity contribution < 1.29 is 28.1 Å². The number of nitrogens with one attached hydrogen (secondary N) is 1. The summed E-state index contributed by atoms with van der Waals surface area (Å²) in [5.74, 6) is 0.362. The van der Waals surface area contributed by atoms with Crippen LogP contribution in [-0.2, 0) is 10.9 Å². The predicted molar refractivity (Wildman–Crippen MR) is 122 cm³/mol. The maximum Gasteiger partial charge on any atom is 0.416 e. The second kappa shape index (κ2) is 9.25. The molecule has 35 heavy (non-hydrogen) atoms. The first-order chi connectivity index (χ1) is 16.8. The molecule has 1 aromatic carbocycles. The number of methoxy groups -OCH3 is 1. The number of benzene rings is 1. The van der Waals surface area contributed by atoms with E-state index < -0.39 is 23.9 Å². The van der Waals surface area contributed by atoms with Crippen molar-refractivity contribution in [3.63, 3.8) is 0 Å². The van der Waals surface area contributed by atoms with Gasteiger partial charge in [-0.25, -0.2) is 15.0 Å². The zero-order valence-corrected chi connectivity index (χ0v) is 19.1. The van der Waals surface area contributed by atoms with Crippen LogP contribution in [0.25, 0.3) is 11.2 Å². The summed E-state index contributed by atoms with van der Waals surface area (Å²) >= 11 is 0. The van der Waals surface area contributed by atoms with Gasteiger partial charge >= 0.3 is 6.18 Å². The van der Waals surface area contributed by atoms with Crippen LogP contribution < -0.4 is 10.2 Å². The molecule has 3 aromatic rings. The Kier molecular flexibility index (Phi) is 6.28. The summed E-state index contributed by atoms with van der Waals surface area (Å²) in [6.07, 6.45) is -1.89. The van der Waals surface area contributed by atoms with E-state index >= 15 is 0 Å². The molecule has 0 amide bonds. The molecule has 1 aliphatic heterocycles. The highest BCUT2D eigenvalue weighted by atomic mass is 19.4. The van der Waals surface area contributed by atoms with Crippen LogP contribution in [0.1, 0.15) is 24.4 Å². The average molecular weight is 493 g/mol. The molecule has 1 aliphatic carbocycles. The minimum absolute atomic E-state index is 0.0190. The third kappa shape index (κ3) is 4.53.